The Bertz CT molecular complexity index is 1100. The van der Waals surface area contributed by atoms with Gasteiger partial charge in [-0.05, 0) is 50.3 Å². The Labute approximate surface area is 172 Å². The first-order valence-corrected chi connectivity index (χ1v) is 9.32. The lowest BCUT2D eigenvalue weighted by molar-refractivity contribution is -0.138. The molecule has 8 heteroatoms. The molecule has 2 aliphatic rings. The average Bonchev–Trinajstić information content (AvgIpc) is 3.20. The van der Waals surface area contributed by atoms with Gasteiger partial charge in [0.2, 0.25) is 0 Å². The number of aromatic nitrogens is 1. The van der Waals surface area contributed by atoms with Gasteiger partial charge in [0.1, 0.15) is 29.5 Å². The normalized spacial score (nSPS) is 18.9. The molecule has 0 saturated heterocycles. The summed E-state index contributed by atoms with van der Waals surface area (Å²) in [6.07, 6.45) is 3.44. The summed E-state index contributed by atoms with van der Waals surface area (Å²) in [5.74, 6) is -0.246. The van der Waals surface area contributed by atoms with Crippen molar-refractivity contribution in [1.82, 2.24) is 4.98 Å². The van der Waals surface area contributed by atoms with Crippen LogP contribution in [0.4, 0.5) is 15.9 Å². The molecular weight excluding hydrogens is 389 g/mol. The van der Waals surface area contributed by atoms with E-state index in [4.69, 9.17) is 4.74 Å². The minimum atomic E-state index is -0.721. The first-order valence-electron chi connectivity index (χ1n) is 9.32. The predicted molar refractivity (Wildman–Crippen MR) is 110 cm³/mol. The van der Waals surface area contributed by atoms with Crippen molar-refractivity contribution in [3.05, 3.63) is 65.3 Å². The number of hydrogen-bond donors (Lipinski definition) is 2. The summed E-state index contributed by atoms with van der Waals surface area (Å²) in [6, 6.07) is 7.74. The number of esters is 1. The Hall–Kier alpha value is -3.68. The largest absolute Gasteiger partial charge is 0.482 e. The fourth-order valence-corrected chi connectivity index (χ4v) is 3.50. The molecule has 2 N–H and O–H groups in total. The number of allylic oxidation sites excluding steroid dienone is 1. The second-order valence-corrected chi connectivity index (χ2v) is 7.42. The molecule has 0 aliphatic carbocycles. The van der Waals surface area contributed by atoms with Crippen molar-refractivity contribution in [2.75, 3.05) is 24.3 Å². The van der Waals surface area contributed by atoms with Crippen LogP contribution >= 0.6 is 0 Å². The Balaban J connectivity index is 1.67. The summed E-state index contributed by atoms with van der Waals surface area (Å²) in [7, 11) is 1.32. The highest BCUT2D eigenvalue weighted by Gasteiger charge is 2.38. The van der Waals surface area contributed by atoms with Crippen molar-refractivity contribution in [1.29, 1.82) is 0 Å². The highest BCUT2D eigenvalue weighted by Crippen LogP contribution is 2.44. The van der Waals surface area contributed by atoms with Gasteiger partial charge in [0.05, 0.1) is 12.7 Å². The van der Waals surface area contributed by atoms with Crippen molar-refractivity contribution >= 4 is 34.5 Å². The van der Waals surface area contributed by atoms with Crippen molar-refractivity contribution in [3.63, 3.8) is 0 Å². The molecule has 30 heavy (non-hydrogen) atoms. The van der Waals surface area contributed by atoms with Crippen LogP contribution in [0.2, 0.25) is 0 Å². The Kier molecular flexibility index (Phi) is 4.77. The van der Waals surface area contributed by atoms with Crippen LogP contribution < -0.4 is 10.6 Å². The van der Waals surface area contributed by atoms with Gasteiger partial charge in [-0.1, -0.05) is 0 Å². The van der Waals surface area contributed by atoms with Gasteiger partial charge in [0.25, 0.3) is 5.91 Å². The lowest BCUT2D eigenvalue weighted by Crippen LogP contribution is -2.21. The van der Waals surface area contributed by atoms with E-state index < -0.39 is 17.4 Å². The molecule has 0 saturated carbocycles. The number of fused-ring (bicyclic) bond motifs is 1. The first-order chi connectivity index (χ1) is 14.3. The Morgan fingerprint density at radius 1 is 1.30 bits per heavy atom. The molecule has 0 fully saturated rings. The molecular formula is C22H20FN3O4. The number of pyridine rings is 1. The molecule has 1 aromatic carbocycles. The van der Waals surface area contributed by atoms with E-state index in [-0.39, 0.29) is 12.5 Å². The summed E-state index contributed by atoms with van der Waals surface area (Å²) in [5, 5.41) is 5.61. The molecule has 1 aromatic heterocycles. The van der Waals surface area contributed by atoms with Gasteiger partial charge in [-0.25, -0.2) is 9.37 Å². The maximum atomic E-state index is 13.8. The van der Waals surface area contributed by atoms with E-state index in [0.29, 0.717) is 28.4 Å². The number of methoxy groups -OCH3 is 1. The van der Waals surface area contributed by atoms with Crippen LogP contribution in [0.5, 0.6) is 0 Å². The number of amides is 1. The summed E-state index contributed by atoms with van der Waals surface area (Å²) in [4.78, 5) is 28.1. The molecule has 4 rings (SSSR count). The van der Waals surface area contributed by atoms with Crippen LogP contribution in [-0.2, 0) is 19.1 Å². The molecule has 0 spiro atoms. The lowest BCUT2D eigenvalue weighted by atomic mass is 9.93. The Morgan fingerprint density at radius 2 is 2.10 bits per heavy atom. The molecule has 0 atom stereocenters. The van der Waals surface area contributed by atoms with E-state index in [1.165, 1.54) is 25.3 Å². The van der Waals surface area contributed by atoms with Gasteiger partial charge in [0, 0.05) is 28.6 Å². The molecule has 154 valence electrons. The molecule has 0 unspecified atom stereocenters. The van der Waals surface area contributed by atoms with E-state index in [9.17, 15) is 14.0 Å². The van der Waals surface area contributed by atoms with Gasteiger partial charge in [-0.2, -0.15) is 0 Å². The highest BCUT2D eigenvalue weighted by molar-refractivity contribution is 6.32. The first kappa shape index (κ1) is 19.6. The number of nitrogens with zero attached hydrogens (tertiary/aromatic N) is 1. The zero-order chi connectivity index (χ0) is 21.5. The van der Waals surface area contributed by atoms with Gasteiger partial charge in [-0.15, -0.1) is 0 Å². The van der Waals surface area contributed by atoms with Crippen molar-refractivity contribution in [3.8, 4) is 0 Å². The van der Waals surface area contributed by atoms with Crippen molar-refractivity contribution in [2.45, 2.75) is 19.4 Å². The maximum absolute atomic E-state index is 13.8. The topological polar surface area (TPSA) is 89.5 Å². The summed E-state index contributed by atoms with van der Waals surface area (Å²) in [5.41, 5.74) is 2.24. The van der Waals surface area contributed by atoms with Gasteiger partial charge < -0.3 is 20.1 Å². The van der Waals surface area contributed by atoms with E-state index in [1.807, 2.05) is 19.9 Å². The number of anilines is 2. The van der Waals surface area contributed by atoms with Crippen molar-refractivity contribution in [2.24, 2.45) is 0 Å². The second-order valence-electron chi connectivity index (χ2n) is 7.42. The monoisotopic (exact) mass is 409 g/mol. The fraction of sp³-hybridized carbons (Fsp3) is 0.227. The number of halogens is 1. The third kappa shape index (κ3) is 3.52. The van der Waals surface area contributed by atoms with E-state index >= 15 is 0 Å². The van der Waals surface area contributed by atoms with Crippen molar-refractivity contribution < 1.29 is 23.5 Å². The SMILES string of the molecule is COC(=O)CNc1ccc(C2=C/C(=C3\C(=O)Nc4ccc(F)cc43)OC2(C)C)cn1. The highest BCUT2D eigenvalue weighted by atomic mass is 19.1. The minimum Gasteiger partial charge on any atom is -0.482 e. The Morgan fingerprint density at radius 3 is 2.80 bits per heavy atom. The number of rotatable bonds is 4. The molecule has 0 bridgehead atoms. The number of carbonyl (C=O) groups is 2. The number of carbonyl (C=O) groups excluding carboxylic acids is 2. The number of nitrogens with one attached hydrogen (secondary N) is 2. The number of benzene rings is 1. The number of hydrogen-bond acceptors (Lipinski definition) is 6. The minimum absolute atomic E-state index is 0.0154. The molecule has 0 radical (unpaired) electrons. The zero-order valence-electron chi connectivity index (χ0n) is 16.7. The third-order valence-electron chi connectivity index (χ3n) is 4.98. The third-order valence-corrected chi connectivity index (χ3v) is 4.98. The lowest BCUT2D eigenvalue weighted by Gasteiger charge is -2.23. The van der Waals surface area contributed by atoms with Gasteiger partial charge in [0.15, 0.2) is 0 Å². The average molecular weight is 409 g/mol. The predicted octanol–water partition coefficient (Wildman–Crippen LogP) is 3.36. The van der Waals surface area contributed by atoms with E-state index in [0.717, 1.165) is 11.1 Å². The van der Waals surface area contributed by atoms with Crippen LogP contribution in [0.3, 0.4) is 0 Å². The van der Waals surface area contributed by atoms with Crippen LogP contribution in [0, 0.1) is 5.82 Å². The number of ether oxygens (including phenoxy) is 2. The molecule has 1 amide bonds. The van der Waals surface area contributed by atoms with Crippen LogP contribution in [0.1, 0.15) is 25.0 Å². The van der Waals surface area contributed by atoms with Gasteiger partial charge in [-0.3, -0.25) is 9.59 Å². The quantitative estimate of drug-likeness (QED) is 0.595. The fourth-order valence-electron chi connectivity index (χ4n) is 3.50. The van der Waals surface area contributed by atoms with Gasteiger partial charge >= 0.3 is 5.97 Å². The second kappa shape index (κ2) is 7.29. The molecule has 3 heterocycles. The van der Waals surface area contributed by atoms with Crippen LogP contribution in [-0.4, -0.2) is 36.1 Å². The standard InChI is InChI=1S/C22H20FN3O4/c1-22(2)15(12-4-7-18(24-10-12)25-11-19(27)29-3)9-17(30-22)20-14-8-13(23)5-6-16(14)26-21(20)28/h4-10H,11H2,1-3H3,(H,24,25)(H,26,28)/b20-17+. The summed E-state index contributed by atoms with van der Waals surface area (Å²) >= 11 is 0. The van der Waals surface area contributed by atoms with E-state index in [1.54, 1.807) is 18.3 Å². The molecule has 7 nitrogen and oxygen atoms in total. The zero-order valence-corrected chi connectivity index (χ0v) is 16.7. The summed E-state index contributed by atoms with van der Waals surface area (Å²) < 4.78 is 24.4. The summed E-state index contributed by atoms with van der Waals surface area (Å²) in [6.45, 7) is 3.78. The van der Waals surface area contributed by atoms with E-state index in [2.05, 4.69) is 20.4 Å². The maximum Gasteiger partial charge on any atom is 0.325 e. The van der Waals surface area contributed by atoms with Crippen LogP contribution in [0.15, 0.2) is 48.4 Å². The van der Waals surface area contributed by atoms with Crippen LogP contribution in [0.25, 0.3) is 11.1 Å². The smallest absolute Gasteiger partial charge is 0.325 e. The molecule has 2 aliphatic heterocycles. The molecule has 2 aromatic rings.